The molecule has 0 atom stereocenters. The van der Waals surface area contributed by atoms with Crippen LogP contribution in [0, 0.1) is 0 Å². The maximum absolute atomic E-state index is 6.62. The summed E-state index contributed by atoms with van der Waals surface area (Å²) in [4.78, 5) is 20.7. The Labute approximate surface area is 337 Å². The summed E-state index contributed by atoms with van der Waals surface area (Å²) in [6.45, 7) is 0. The first kappa shape index (κ1) is 33.0. The quantitative estimate of drug-likeness (QED) is 0.168. The molecule has 0 N–H and O–H groups in total. The summed E-state index contributed by atoms with van der Waals surface area (Å²) in [6, 6.07) is 63.7. The van der Waals surface area contributed by atoms with E-state index in [0.717, 1.165) is 99.8 Å². The number of hydrogen-bond donors (Lipinski definition) is 0. The molecule has 0 bridgehead atoms. The van der Waals surface area contributed by atoms with Crippen molar-refractivity contribution in [3.05, 3.63) is 188 Å². The lowest BCUT2D eigenvalue weighted by atomic mass is 10.0. The third kappa shape index (κ3) is 5.36. The van der Waals surface area contributed by atoms with Gasteiger partial charge in [0.15, 0.2) is 17.5 Å². The predicted molar refractivity (Wildman–Crippen MR) is 236 cm³/mol. The first-order valence-electron chi connectivity index (χ1n) is 19.6. The van der Waals surface area contributed by atoms with Crippen molar-refractivity contribution in [2.45, 2.75) is 0 Å². The first-order chi connectivity index (χ1) is 29.2. The number of benzene rings is 8. The van der Waals surface area contributed by atoms with Crippen molar-refractivity contribution < 1.29 is 8.83 Å². The predicted octanol–water partition coefficient (Wildman–Crippen LogP) is 13.3. The highest BCUT2D eigenvalue weighted by Crippen LogP contribution is 2.43. The van der Waals surface area contributed by atoms with Crippen LogP contribution in [0.5, 0.6) is 0 Å². The van der Waals surface area contributed by atoms with Crippen molar-refractivity contribution in [2.24, 2.45) is 0 Å². The van der Waals surface area contributed by atoms with Crippen LogP contribution >= 0.6 is 0 Å². The maximum Gasteiger partial charge on any atom is 0.164 e. The van der Waals surface area contributed by atoms with Crippen molar-refractivity contribution in [1.82, 2.24) is 24.5 Å². The van der Waals surface area contributed by atoms with Gasteiger partial charge in [0.05, 0.1) is 11.0 Å². The molecule has 59 heavy (non-hydrogen) atoms. The molecule has 4 aromatic heterocycles. The second-order valence-corrected chi connectivity index (χ2v) is 14.6. The van der Waals surface area contributed by atoms with E-state index >= 15 is 0 Å². The zero-order valence-electron chi connectivity index (χ0n) is 31.5. The second-order valence-electron chi connectivity index (χ2n) is 14.6. The van der Waals surface area contributed by atoms with Crippen LogP contribution in [0.3, 0.4) is 0 Å². The third-order valence-corrected chi connectivity index (χ3v) is 11.1. The summed E-state index contributed by atoms with van der Waals surface area (Å²) in [5.74, 6) is 2.51. The van der Waals surface area contributed by atoms with Gasteiger partial charge < -0.3 is 8.83 Å². The first-order valence-corrected chi connectivity index (χ1v) is 19.6. The van der Waals surface area contributed by atoms with Crippen molar-refractivity contribution in [2.75, 3.05) is 0 Å². The van der Waals surface area contributed by atoms with Crippen LogP contribution in [-0.2, 0) is 0 Å². The molecule has 0 unspecified atom stereocenters. The van der Waals surface area contributed by atoms with Crippen LogP contribution in [0.2, 0.25) is 0 Å². The van der Waals surface area contributed by atoms with Crippen molar-refractivity contribution >= 4 is 54.9 Å². The van der Waals surface area contributed by atoms with Gasteiger partial charge in [-0.15, -0.1) is 0 Å². The maximum atomic E-state index is 6.62. The van der Waals surface area contributed by atoms with E-state index in [0.29, 0.717) is 17.5 Å². The largest absolute Gasteiger partial charge is 0.456 e. The molecule has 7 nitrogen and oxygen atoms in total. The minimum absolute atomic E-state index is 0.546. The van der Waals surface area contributed by atoms with Crippen LogP contribution in [-0.4, -0.2) is 24.5 Å². The molecular weight excluding hydrogens is 727 g/mol. The molecule has 8 aromatic carbocycles. The lowest BCUT2D eigenvalue weighted by Gasteiger charge is -2.12. The van der Waals surface area contributed by atoms with Gasteiger partial charge in [-0.1, -0.05) is 146 Å². The van der Waals surface area contributed by atoms with E-state index in [2.05, 4.69) is 108 Å². The van der Waals surface area contributed by atoms with Gasteiger partial charge in [-0.2, -0.15) is 0 Å². The molecule has 0 fully saturated rings. The smallest absolute Gasteiger partial charge is 0.164 e. The number of fused-ring (bicyclic) bond motifs is 7. The molecular formula is C52H31N5O2. The Morgan fingerprint density at radius 1 is 0.356 bits per heavy atom. The van der Waals surface area contributed by atoms with Gasteiger partial charge in [0.1, 0.15) is 28.2 Å². The highest BCUT2D eigenvalue weighted by molar-refractivity contribution is 6.17. The van der Waals surface area contributed by atoms with E-state index < -0.39 is 0 Å². The highest BCUT2D eigenvalue weighted by Gasteiger charge is 2.23. The van der Waals surface area contributed by atoms with Gasteiger partial charge in [-0.25, -0.2) is 19.9 Å². The third-order valence-electron chi connectivity index (χ3n) is 11.1. The Morgan fingerprint density at radius 3 is 1.71 bits per heavy atom. The van der Waals surface area contributed by atoms with Crippen molar-refractivity contribution in [3.8, 4) is 62.4 Å². The fraction of sp³-hybridized carbons (Fsp3) is 0. The molecule has 0 saturated heterocycles. The fourth-order valence-electron chi connectivity index (χ4n) is 8.40. The Balaban J connectivity index is 1.05. The minimum atomic E-state index is 0.546. The summed E-state index contributed by atoms with van der Waals surface area (Å²) in [7, 11) is 0. The summed E-state index contributed by atoms with van der Waals surface area (Å²) in [6.07, 6.45) is 0. The summed E-state index contributed by atoms with van der Waals surface area (Å²) >= 11 is 0. The molecule has 0 radical (unpaired) electrons. The average molecular weight is 758 g/mol. The highest BCUT2D eigenvalue weighted by atomic mass is 16.3. The number of hydrogen-bond acceptors (Lipinski definition) is 6. The molecule has 0 aliphatic heterocycles. The molecule has 0 amide bonds. The number of furan rings is 2. The fourth-order valence-corrected chi connectivity index (χ4v) is 8.40. The Bertz CT molecular complexity index is 3550. The van der Waals surface area contributed by atoms with Gasteiger partial charge in [0, 0.05) is 55.0 Å². The van der Waals surface area contributed by atoms with Gasteiger partial charge in [0.25, 0.3) is 0 Å². The van der Waals surface area contributed by atoms with Gasteiger partial charge in [-0.05, 0) is 48.0 Å². The van der Waals surface area contributed by atoms with Crippen LogP contribution in [0.1, 0.15) is 0 Å². The van der Waals surface area contributed by atoms with E-state index in [1.54, 1.807) is 0 Å². The molecule has 12 rings (SSSR count). The number of rotatable bonds is 6. The van der Waals surface area contributed by atoms with Gasteiger partial charge in [-0.3, -0.25) is 4.57 Å². The monoisotopic (exact) mass is 757 g/mol. The number of nitrogens with zero attached hydrogens (tertiary/aromatic N) is 5. The summed E-state index contributed by atoms with van der Waals surface area (Å²) in [5, 5.41) is 4.06. The zero-order chi connectivity index (χ0) is 38.9. The van der Waals surface area contributed by atoms with Crippen LogP contribution in [0.15, 0.2) is 197 Å². The van der Waals surface area contributed by atoms with E-state index in [-0.39, 0.29) is 0 Å². The minimum Gasteiger partial charge on any atom is -0.456 e. The van der Waals surface area contributed by atoms with E-state index in [4.69, 9.17) is 28.8 Å². The molecule has 12 aromatic rings. The molecule has 7 heteroatoms. The van der Waals surface area contributed by atoms with E-state index in [1.807, 2.05) is 84.9 Å². The van der Waals surface area contributed by atoms with Gasteiger partial charge in [0.2, 0.25) is 0 Å². The van der Waals surface area contributed by atoms with Crippen LogP contribution in [0.4, 0.5) is 0 Å². The lowest BCUT2D eigenvalue weighted by Crippen LogP contribution is -2.00. The molecule has 0 saturated carbocycles. The molecule has 276 valence electrons. The molecule has 4 heterocycles. The lowest BCUT2D eigenvalue weighted by molar-refractivity contribution is 0.669. The SMILES string of the molecule is c1ccc(-c2nc(-c3ccc(-c4cccc5c4oc4ccccc45)cc3)nc(-c3cccc4oc5cccc(-c6nc7ccccc7n6-c6ccccc6)c5c34)n2)cc1. The number of para-hydroxylation sites is 5. The van der Waals surface area contributed by atoms with E-state index in [1.165, 1.54) is 0 Å². The second kappa shape index (κ2) is 13.2. The topological polar surface area (TPSA) is 82.8 Å². The van der Waals surface area contributed by atoms with Crippen LogP contribution < -0.4 is 0 Å². The number of aromatic nitrogens is 5. The molecule has 0 aliphatic rings. The Hall–Kier alpha value is -8.16. The van der Waals surface area contributed by atoms with E-state index in [9.17, 15) is 0 Å². The summed E-state index contributed by atoms with van der Waals surface area (Å²) in [5.41, 5.74) is 11.8. The van der Waals surface area contributed by atoms with Crippen molar-refractivity contribution in [3.63, 3.8) is 0 Å². The Morgan fingerprint density at radius 2 is 0.915 bits per heavy atom. The van der Waals surface area contributed by atoms with Crippen LogP contribution in [0.25, 0.3) is 117 Å². The molecule has 0 spiro atoms. The number of imidazole rings is 1. The Kier molecular flexibility index (Phi) is 7.40. The zero-order valence-corrected chi connectivity index (χ0v) is 31.5. The summed E-state index contributed by atoms with van der Waals surface area (Å²) < 4.78 is 15.2. The normalized spacial score (nSPS) is 11.7. The van der Waals surface area contributed by atoms with Crippen molar-refractivity contribution in [1.29, 1.82) is 0 Å². The molecule has 0 aliphatic carbocycles. The average Bonchev–Trinajstić information content (AvgIpc) is 4.01. The standard InChI is InChI=1S/C52H31N5O2/c1-3-14-33(15-4-1)49-54-50(34-30-28-32(29-31-34)36-19-11-20-38-37-18-7-10-25-43(37)59-48(36)38)56-51(55-49)39-21-12-26-44-46(39)47-40(22-13-27-45(47)58-44)52-53-41-23-8-9-24-42(41)57(52)35-16-5-2-6-17-35/h1-31H. The van der Waals surface area contributed by atoms with Gasteiger partial charge >= 0.3 is 0 Å².